The third-order valence-corrected chi connectivity index (χ3v) is 10.3. The highest BCUT2D eigenvalue weighted by molar-refractivity contribution is 14.1. The van der Waals surface area contributed by atoms with Crippen LogP contribution in [0.25, 0.3) is 0 Å². The van der Waals surface area contributed by atoms with Crippen LogP contribution in [0.15, 0.2) is 15.8 Å². The Kier molecular flexibility index (Phi) is 6.32. The number of halogens is 1. The smallest absolute Gasteiger partial charge is 0.330 e. The molecule has 2 rings (SSSR count). The fraction of sp³-hybridized carbons (Fsp3) is 0.733. The summed E-state index contributed by atoms with van der Waals surface area (Å²) in [6.45, 7) is 11.2. The first kappa shape index (κ1) is 20.8. The molecule has 142 valence electrons. The van der Waals surface area contributed by atoms with Gasteiger partial charge < -0.3 is 9.16 Å². The van der Waals surface area contributed by atoms with Gasteiger partial charge >= 0.3 is 5.69 Å². The molecule has 0 unspecified atom stereocenters. The van der Waals surface area contributed by atoms with Gasteiger partial charge in [-0.25, -0.2) is 10.7 Å². The first-order valence-corrected chi connectivity index (χ1v) is 12.1. The Labute approximate surface area is 161 Å². The Morgan fingerprint density at radius 1 is 1.44 bits per heavy atom. The zero-order valence-corrected chi connectivity index (χ0v) is 18.3. The Balaban J connectivity index is 2.14. The van der Waals surface area contributed by atoms with Crippen molar-refractivity contribution in [2.24, 2.45) is 5.90 Å². The van der Waals surface area contributed by atoms with Crippen molar-refractivity contribution in [3.63, 3.8) is 0 Å². The molecule has 10 heteroatoms. The normalized spacial score (nSPS) is 24.7. The number of nitrogens with one attached hydrogen (secondary N) is 1. The van der Waals surface area contributed by atoms with Crippen LogP contribution in [0.1, 0.15) is 33.4 Å². The van der Waals surface area contributed by atoms with Gasteiger partial charge in [0.05, 0.1) is 10.2 Å². The maximum atomic E-state index is 12.1. The average Bonchev–Trinajstić information content (AvgIpc) is 2.91. The van der Waals surface area contributed by atoms with E-state index in [2.05, 4.69) is 38.8 Å². The van der Waals surface area contributed by atoms with Gasteiger partial charge in [-0.15, -0.1) is 0 Å². The second-order valence-electron chi connectivity index (χ2n) is 7.75. The van der Waals surface area contributed by atoms with Gasteiger partial charge in [0.1, 0.15) is 18.4 Å². The van der Waals surface area contributed by atoms with E-state index in [-0.39, 0.29) is 17.2 Å². The van der Waals surface area contributed by atoms with Crippen LogP contribution in [-0.4, -0.2) is 36.7 Å². The summed E-state index contributed by atoms with van der Waals surface area (Å²) in [7, 11) is -1.94. The van der Waals surface area contributed by atoms with Crippen LogP contribution in [0.2, 0.25) is 18.1 Å². The van der Waals surface area contributed by atoms with E-state index in [0.29, 0.717) is 16.6 Å². The lowest BCUT2D eigenvalue weighted by molar-refractivity contribution is -0.0605. The second-order valence-corrected chi connectivity index (χ2v) is 13.7. The maximum absolute atomic E-state index is 12.1. The molecule has 1 saturated heterocycles. The zero-order valence-electron chi connectivity index (χ0n) is 15.2. The van der Waals surface area contributed by atoms with Crippen LogP contribution < -0.4 is 17.1 Å². The minimum atomic E-state index is -1.94. The summed E-state index contributed by atoms with van der Waals surface area (Å²) in [6.07, 6.45) is 0.576. The lowest BCUT2D eigenvalue weighted by Gasteiger charge is -2.37. The van der Waals surface area contributed by atoms with E-state index in [1.807, 2.05) is 22.6 Å². The van der Waals surface area contributed by atoms with Crippen LogP contribution in [0.3, 0.4) is 0 Å². The molecule has 0 bridgehead atoms. The predicted molar refractivity (Wildman–Crippen MR) is 105 cm³/mol. The summed E-state index contributed by atoms with van der Waals surface area (Å²) in [5.41, 5.74) is -0.929. The van der Waals surface area contributed by atoms with E-state index in [9.17, 15) is 9.59 Å². The van der Waals surface area contributed by atoms with Crippen molar-refractivity contribution in [1.82, 2.24) is 9.55 Å². The van der Waals surface area contributed by atoms with Crippen LogP contribution in [0.5, 0.6) is 0 Å². The number of ether oxygens (including phenoxy) is 1. The molecule has 3 atom stereocenters. The first-order valence-electron chi connectivity index (χ1n) is 8.12. The summed E-state index contributed by atoms with van der Waals surface area (Å²) >= 11 is 1.87. The molecule has 25 heavy (non-hydrogen) atoms. The predicted octanol–water partition coefficient (Wildman–Crippen LogP) is 1.71. The Morgan fingerprint density at radius 2 is 2.08 bits per heavy atom. The van der Waals surface area contributed by atoms with Crippen molar-refractivity contribution in [3.05, 3.63) is 30.6 Å². The summed E-state index contributed by atoms with van der Waals surface area (Å²) in [6, 6.07) is 0. The minimum absolute atomic E-state index is 0.0794. The van der Waals surface area contributed by atoms with E-state index in [4.69, 9.17) is 19.9 Å². The van der Waals surface area contributed by atoms with Crippen molar-refractivity contribution >= 4 is 30.9 Å². The molecule has 0 amide bonds. The molecule has 2 heterocycles. The van der Waals surface area contributed by atoms with Gasteiger partial charge in [-0.2, -0.15) is 0 Å². The molecule has 1 fully saturated rings. The monoisotopic (exact) mass is 483 g/mol. The van der Waals surface area contributed by atoms with Gasteiger partial charge in [-0.3, -0.25) is 19.2 Å². The summed E-state index contributed by atoms with van der Waals surface area (Å²) in [4.78, 5) is 30.9. The lowest BCUT2D eigenvalue weighted by atomic mass is 10.2. The standard InChI is InChI=1S/C15H26IN3O5Si/c1-15(2,3)25(4,5)22-8-11-10(24-17)6-12(23-11)19-7-9(16)13(20)18-14(19)21/h7,10-12H,6,8,17H2,1-5H3,(H,18,20,21)/t10-,11-,12-/m1/s1. The first-order chi connectivity index (χ1) is 11.5. The topological polar surface area (TPSA) is 109 Å². The third kappa shape index (κ3) is 4.60. The number of rotatable bonds is 5. The quantitative estimate of drug-likeness (QED) is 0.375. The van der Waals surface area contributed by atoms with Gasteiger partial charge in [0, 0.05) is 12.6 Å². The van der Waals surface area contributed by atoms with Crippen molar-refractivity contribution in [3.8, 4) is 0 Å². The van der Waals surface area contributed by atoms with E-state index in [1.165, 1.54) is 10.8 Å². The number of hydrogen-bond acceptors (Lipinski definition) is 6. The number of H-pyrrole nitrogens is 1. The van der Waals surface area contributed by atoms with E-state index < -0.39 is 25.8 Å². The third-order valence-electron chi connectivity index (χ3n) is 5.00. The van der Waals surface area contributed by atoms with Gasteiger partial charge in [0.25, 0.3) is 5.56 Å². The van der Waals surface area contributed by atoms with Crippen LogP contribution >= 0.6 is 22.6 Å². The number of nitrogens with two attached hydrogens (primary N) is 1. The second kappa shape index (κ2) is 7.60. The maximum Gasteiger partial charge on any atom is 0.330 e. The van der Waals surface area contributed by atoms with E-state index in [0.717, 1.165) is 0 Å². The molecule has 0 saturated carbocycles. The Morgan fingerprint density at radius 3 is 2.64 bits per heavy atom. The Bertz CT molecular complexity index is 727. The molecule has 1 aliphatic heterocycles. The highest BCUT2D eigenvalue weighted by atomic mass is 127. The van der Waals surface area contributed by atoms with Crippen LogP contribution in [-0.2, 0) is 14.0 Å². The molecular weight excluding hydrogens is 457 g/mol. The van der Waals surface area contributed by atoms with Gasteiger partial charge in [0.2, 0.25) is 0 Å². The van der Waals surface area contributed by atoms with Crippen LogP contribution in [0, 0.1) is 3.57 Å². The van der Waals surface area contributed by atoms with Gasteiger partial charge in [0.15, 0.2) is 8.32 Å². The number of aromatic nitrogens is 2. The fourth-order valence-electron chi connectivity index (χ4n) is 2.35. The molecule has 8 nitrogen and oxygen atoms in total. The Hall–Kier alpha value is -0.533. The van der Waals surface area contributed by atoms with Crippen molar-refractivity contribution in [2.75, 3.05) is 6.61 Å². The molecule has 3 N–H and O–H groups in total. The molecule has 0 spiro atoms. The average molecular weight is 483 g/mol. The molecule has 0 radical (unpaired) electrons. The highest BCUT2D eigenvalue weighted by Crippen LogP contribution is 2.38. The largest absolute Gasteiger partial charge is 0.414 e. The summed E-state index contributed by atoms with van der Waals surface area (Å²) < 4.78 is 13.9. The lowest BCUT2D eigenvalue weighted by Crippen LogP contribution is -2.44. The summed E-state index contributed by atoms with van der Waals surface area (Å²) in [5, 5.41) is 0.0794. The van der Waals surface area contributed by atoms with E-state index >= 15 is 0 Å². The molecule has 0 aliphatic carbocycles. The van der Waals surface area contributed by atoms with Gasteiger partial charge in [-0.05, 0) is 40.7 Å². The minimum Gasteiger partial charge on any atom is -0.414 e. The number of aromatic amines is 1. The molecule has 1 aromatic rings. The van der Waals surface area contributed by atoms with Gasteiger partial charge in [-0.1, -0.05) is 20.8 Å². The molecule has 1 aliphatic rings. The zero-order chi connectivity index (χ0) is 19.0. The van der Waals surface area contributed by atoms with Crippen LogP contribution in [0.4, 0.5) is 0 Å². The molecular formula is C15H26IN3O5Si. The number of nitrogens with zero attached hydrogens (tertiary/aromatic N) is 1. The SMILES string of the molecule is CC(C)(C)[Si](C)(C)OC[C@H]1O[C@@H](n2cc(I)c(=O)[nH]c2=O)C[C@H]1ON. The highest BCUT2D eigenvalue weighted by Gasteiger charge is 2.42. The fourth-order valence-corrected chi connectivity index (χ4v) is 3.79. The summed E-state index contributed by atoms with van der Waals surface area (Å²) in [5.74, 6) is 5.41. The number of hydrogen-bond donors (Lipinski definition) is 2. The molecule has 0 aromatic carbocycles. The van der Waals surface area contributed by atoms with Crippen molar-refractivity contribution in [2.45, 2.75) is 63.8 Å². The van der Waals surface area contributed by atoms with Crippen molar-refractivity contribution < 1.29 is 14.0 Å². The molecule has 1 aromatic heterocycles. The van der Waals surface area contributed by atoms with E-state index in [1.54, 1.807) is 0 Å². The van der Waals surface area contributed by atoms with Crippen molar-refractivity contribution in [1.29, 1.82) is 0 Å².